The predicted molar refractivity (Wildman–Crippen MR) is 99.3 cm³/mol. The van der Waals surface area contributed by atoms with E-state index in [1.807, 2.05) is 18.2 Å². The minimum absolute atomic E-state index is 0.0464. The minimum Gasteiger partial charge on any atom is -0.396 e. The second-order valence-electron chi connectivity index (χ2n) is 6.72. The average Bonchev–Trinajstić information content (AvgIpc) is 2.69. The van der Waals surface area contributed by atoms with Crippen molar-refractivity contribution < 1.29 is 9.90 Å². The van der Waals surface area contributed by atoms with Gasteiger partial charge in [-0.05, 0) is 36.7 Å². The molecule has 0 radical (unpaired) electrons. The molecule has 0 aliphatic carbocycles. The van der Waals surface area contributed by atoms with Crippen LogP contribution in [-0.2, 0) is 6.54 Å². The van der Waals surface area contributed by atoms with E-state index in [0.717, 1.165) is 19.5 Å². The van der Waals surface area contributed by atoms with E-state index in [2.05, 4.69) is 28.4 Å². The second kappa shape index (κ2) is 8.61. The fraction of sp³-hybridized carbons (Fsp3) is 0.333. The Morgan fingerprint density at radius 1 is 1.23 bits per heavy atom. The first-order valence-electron chi connectivity index (χ1n) is 8.87. The molecule has 2 aromatic rings. The van der Waals surface area contributed by atoms with Crippen LogP contribution in [0.25, 0.3) is 0 Å². The van der Waals surface area contributed by atoms with Crippen molar-refractivity contribution in [3.63, 3.8) is 0 Å². The number of amides is 1. The summed E-state index contributed by atoms with van der Waals surface area (Å²) in [4.78, 5) is 14.9. The van der Waals surface area contributed by atoms with Gasteiger partial charge in [-0.25, -0.2) is 0 Å². The number of hydrogen-bond acceptors (Lipinski definition) is 4. The molecular weight excluding hydrogens is 326 g/mol. The lowest BCUT2D eigenvalue weighted by atomic mass is 9.91. The van der Waals surface area contributed by atoms with Gasteiger partial charge in [0.2, 0.25) is 0 Å². The highest BCUT2D eigenvalue weighted by atomic mass is 16.3. The summed E-state index contributed by atoms with van der Waals surface area (Å²) in [5.41, 5.74) is 2.17. The SMILES string of the molecule is N#Cc1cccc(C(=O)NC2CN(Cc3ccccc3)CCC2CO)c1. The standard InChI is InChI=1S/C21H23N3O2/c22-12-17-7-4-8-18(11-17)21(26)23-20-14-24(10-9-19(20)15-25)13-16-5-2-1-3-6-16/h1-8,11,19-20,25H,9-10,13-15H2,(H,23,26). The van der Waals surface area contributed by atoms with Crippen molar-refractivity contribution >= 4 is 5.91 Å². The largest absolute Gasteiger partial charge is 0.396 e. The van der Waals surface area contributed by atoms with Gasteiger partial charge in [-0.1, -0.05) is 36.4 Å². The zero-order chi connectivity index (χ0) is 18.4. The van der Waals surface area contributed by atoms with Crippen molar-refractivity contribution in [2.75, 3.05) is 19.7 Å². The Labute approximate surface area is 153 Å². The number of benzene rings is 2. The zero-order valence-electron chi connectivity index (χ0n) is 14.6. The third kappa shape index (κ3) is 4.48. The maximum absolute atomic E-state index is 12.6. The Bertz CT molecular complexity index is 785. The van der Waals surface area contributed by atoms with Gasteiger partial charge < -0.3 is 10.4 Å². The molecule has 2 unspecified atom stereocenters. The van der Waals surface area contributed by atoms with Crippen LogP contribution >= 0.6 is 0 Å². The Morgan fingerprint density at radius 2 is 2.04 bits per heavy atom. The van der Waals surface area contributed by atoms with E-state index >= 15 is 0 Å². The first-order valence-corrected chi connectivity index (χ1v) is 8.87. The second-order valence-corrected chi connectivity index (χ2v) is 6.72. The molecule has 1 saturated heterocycles. The van der Waals surface area contributed by atoms with Crippen molar-refractivity contribution in [1.82, 2.24) is 10.2 Å². The number of carbonyl (C=O) groups excluding carboxylic acids is 1. The number of hydrogen-bond donors (Lipinski definition) is 2. The molecule has 3 rings (SSSR count). The summed E-state index contributed by atoms with van der Waals surface area (Å²) in [5.74, 6) is -0.155. The molecule has 134 valence electrons. The van der Waals surface area contributed by atoms with E-state index in [1.165, 1.54) is 5.56 Å². The summed E-state index contributed by atoms with van der Waals surface area (Å²) in [6.45, 7) is 2.48. The Morgan fingerprint density at radius 3 is 2.77 bits per heavy atom. The van der Waals surface area contributed by atoms with Gasteiger partial charge in [-0.3, -0.25) is 9.69 Å². The topological polar surface area (TPSA) is 76.4 Å². The van der Waals surface area contributed by atoms with Crippen molar-refractivity contribution in [2.45, 2.75) is 19.0 Å². The molecule has 0 spiro atoms. The van der Waals surface area contributed by atoms with E-state index < -0.39 is 0 Å². The number of piperidine rings is 1. The fourth-order valence-corrected chi connectivity index (χ4v) is 3.42. The lowest BCUT2D eigenvalue weighted by molar-refractivity contribution is 0.0730. The Kier molecular flexibility index (Phi) is 6.00. The number of rotatable bonds is 5. The molecular formula is C21H23N3O2. The van der Waals surface area contributed by atoms with E-state index in [1.54, 1.807) is 24.3 Å². The number of aliphatic hydroxyl groups is 1. The van der Waals surface area contributed by atoms with Crippen LogP contribution in [0.1, 0.15) is 27.9 Å². The normalized spacial score (nSPS) is 20.3. The fourth-order valence-electron chi connectivity index (χ4n) is 3.42. The molecule has 1 fully saturated rings. The van der Waals surface area contributed by atoms with E-state index in [4.69, 9.17) is 5.26 Å². The minimum atomic E-state index is -0.202. The van der Waals surface area contributed by atoms with Crippen LogP contribution < -0.4 is 5.32 Å². The number of likely N-dealkylation sites (tertiary alicyclic amines) is 1. The molecule has 0 aromatic heterocycles. The predicted octanol–water partition coefficient (Wildman–Crippen LogP) is 2.17. The molecule has 5 heteroatoms. The highest BCUT2D eigenvalue weighted by Gasteiger charge is 2.30. The Balaban J connectivity index is 1.67. The number of nitriles is 1. The van der Waals surface area contributed by atoms with Crippen LogP contribution in [0, 0.1) is 17.2 Å². The van der Waals surface area contributed by atoms with Gasteiger partial charge in [0, 0.05) is 37.2 Å². The maximum Gasteiger partial charge on any atom is 0.251 e. The first kappa shape index (κ1) is 18.1. The third-order valence-corrected chi connectivity index (χ3v) is 4.89. The number of aliphatic hydroxyl groups excluding tert-OH is 1. The number of nitrogens with zero attached hydrogens (tertiary/aromatic N) is 2. The highest BCUT2D eigenvalue weighted by Crippen LogP contribution is 2.20. The summed E-state index contributed by atoms with van der Waals surface area (Å²) in [6.07, 6.45) is 0.840. The van der Waals surface area contributed by atoms with E-state index in [0.29, 0.717) is 17.7 Å². The van der Waals surface area contributed by atoms with Crippen LogP contribution in [0.3, 0.4) is 0 Å². The quantitative estimate of drug-likeness (QED) is 0.867. The summed E-state index contributed by atoms with van der Waals surface area (Å²) in [6, 6.07) is 18.9. The van der Waals surface area contributed by atoms with Crippen LogP contribution in [0.4, 0.5) is 0 Å². The lowest BCUT2D eigenvalue weighted by Gasteiger charge is -2.38. The van der Waals surface area contributed by atoms with Crippen molar-refractivity contribution in [3.8, 4) is 6.07 Å². The highest BCUT2D eigenvalue weighted by molar-refractivity contribution is 5.94. The van der Waals surface area contributed by atoms with Crippen molar-refractivity contribution in [2.24, 2.45) is 5.92 Å². The molecule has 1 aliphatic heterocycles. The van der Waals surface area contributed by atoms with Gasteiger partial charge in [0.1, 0.15) is 0 Å². The van der Waals surface area contributed by atoms with Gasteiger partial charge in [-0.15, -0.1) is 0 Å². The lowest BCUT2D eigenvalue weighted by Crippen LogP contribution is -2.53. The van der Waals surface area contributed by atoms with Crippen LogP contribution in [0.15, 0.2) is 54.6 Å². The van der Waals surface area contributed by atoms with Gasteiger partial charge >= 0.3 is 0 Å². The maximum atomic E-state index is 12.6. The molecule has 0 saturated carbocycles. The summed E-state index contributed by atoms with van der Waals surface area (Å²) >= 11 is 0. The Hall–Kier alpha value is -2.68. The van der Waals surface area contributed by atoms with Crippen molar-refractivity contribution in [1.29, 1.82) is 5.26 Å². The first-order chi connectivity index (χ1) is 12.7. The average molecular weight is 349 g/mol. The molecule has 1 amide bonds. The van der Waals surface area contributed by atoms with Gasteiger partial charge in [0.15, 0.2) is 0 Å². The number of carbonyl (C=O) groups is 1. The third-order valence-electron chi connectivity index (χ3n) is 4.89. The molecule has 2 N–H and O–H groups in total. The zero-order valence-corrected chi connectivity index (χ0v) is 14.6. The van der Waals surface area contributed by atoms with E-state index in [9.17, 15) is 9.90 Å². The molecule has 5 nitrogen and oxygen atoms in total. The summed E-state index contributed by atoms with van der Waals surface area (Å²) in [7, 11) is 0. The van der Waals surface area contributed by atoms with Gasteiger partial charge in [0.25, 0.3) is 5.91 Å². The van der Waals surface area contributed by atoms with Gasteiger partial charge in [0.05, 0.1) is 11.6 Å². The van der Waals surface area contributed by atoms with Gasteiger partial charge in [-0.2, -0.15) is 5.26 Å². The van der Waals surface area contributed by atoms with E-state index in [-0.39, 0.29) is 24.5 Å². The van der Waals surface area contributed by atoms with Crippen LogP contribution in [-0.4, -0.2) is 41.7 Å². The smallest absolute Gasteiger partial charge is 0.251 e. The molecule has 0 bridgehead atoms. The monoisotopic (exact) mass is 349 g/mol. The molecule has 2 atom stereocenters. The number of nitrogens with one attached hydrogen (secondary N) is 1. The summed E-state index contributed by atoms with van der Waals surface area (Å²) < 4.78 is 0. The molecule has 26 heavy (non-hydrogen) atoms. The molecule has 1 aliphatic rings. The van der Waals surface area contributed by atoms with Crippen LogP contribution in [0.5, 0.6) is 0 Å². The van der Waals surface area contributed by atoms with Crippen molar-refractivity contribution in [3.05, 3.63) is 71.3 Å². The molecule has 2 aromatic carbocycles. The molecule has 1 heterocycles. The summed E-state index contributed by atoms with van der Waals surface area (Å²) in [5, 5.41) is 21.7. The van der Waals surface area contributed by atoms with Crippen LogP contribution in [0.2, 0.25) is 0 Å².